The normalized spacial score (nSPS) is 24.3. The van der Waals surface area contributed by atoms with Gasteiger partial charge in [0.1, 0.15) is 5.78 Å². The van der Waals surface area contributed by atoms with E-state index in [-0.39, 0.29) is 18.3 Å². The molecule has 26 heavy (non-hydrogen) atoms. The van der Waals surface area contributed by atoms with Gasteiger partial charge in [-0.05, 0) is 40.5 Å². The van der Waals surface area contributed by atoms with Gasteiger partial charge in [0.25, 0.3) is 0 Å². The number of halogens is 3. The summed E-state index contributed by atoms with van der Waals surface area (Å²) in [4.78, 5) is 24.0. The number of carbonyl (C=O) groups is 2. The molecule has 0 radical (unpaired) electrons. The quantitative estimate of drug-likeness (QED) is 0.596. The van der Waals surface area contributed by atoms with Gasteiger partial charge in [-0.15, -0.1) is 0 Å². The van der Waals surface area contributed by atoms with E-state index in [1.54, 1.807) is 12.2 Å². The largest absolute Gasteiger partial charge is 0.424 e. The molecule has 1 aliphatic rings. The van der Waals surface area contributed by atoms with Crippen molar-refractivity contribution in [3.63, 3.8) is 0 Å². The molecule has 0 amide bonds. The van der Waals surface area contributed by atoms with Crippen molar-refractivity contribution in [3.8, 4) is 0 Å². The second kappa shape index (κ2) is 8.95. The Morgan fingerprint density at radius 3 is 2.31 bits per heavy atom. The van der Waals surface area contributed by atoms with Crippen molar-refractivity contribution in [1.82, 2.24) is 0 Å². The summed E-state index contributed by atoms with van der Waals surface area (Å²) in [5.41, 5.74) is -1.98. The Morgan fingerprint density at radius 2 is 1.85 bits per heavy atom. The Bertz CT molecular complexity index is 576. The van der Waals surface area contributed by atoms with Crippen LogP contribution in [0.1, 0.15) is 47.0 Å². The highest BCUT2D eigenvalue weighted by Gasteiger charge is 2.59. The van der Waals surface area contributed by atoms with Crippen molar-refractivity contribution in [3.05, 3.63) is 23.8 Å². The fraction of sp³-hybridized carbons (Fsp3) is 0.684. The van der Waals surface area contributed by atoms with Crippen molar-refractivity contribution in [1.29, 1.82) is 0 Å². The molecular weight excluding hydrogens is 349 g/mol. The van der Waals surface area contributed by atoms with Gasteiger partial charge in [0.15, 0.2) is 5.78 Å². The number of ether oxygens (including phenoxy) is 2. The lowest BCUT2D eigenvalue weighted by Crippen LogP contribution is -2.54. The number of methoxy groups -OCH3 is 1. The number of carbonyl (C=O) groups excluding carboxylic acids is 2. The van der Waals surface area contributed by atoms with Crippen molar-refractivity contribution < 1.29 is 32.2 Å². The molecule has 1 fully saturated rings. The summed E-state index contributed by atoms with van der Waals surface area (Å²) < 4.78 is 50.6. The molecule has 148 valence electrons. The zero-order valence-electron chi connectivity index (χ0n) is 15.9. The summed E-state index contributed by atoms with van der Waals surface area (Å²) in [7, 11) is 0.871. The maximum atomic E-state index is 13.4. The van der Waals surface area contributed by atoms with Crippen LogP contribution in [-0.2, 0) is 19.1 Å². The fourth-order valence-corrected chi connectivity index (χ4v) is 2.89. The van der Waals surface area contributed by atoms with Gasteiger partial charge < -0.3 is 9.47 Å². The summed E-state index contributed by atoms with van der Waals surface area (Å²) in [5.74, 6) is -2.27. The lowest BCUT2D eigenvalue weighted by molar-refractivity contribution is -0.254. The molecule has 4 atom stereocenters. The molecule has 7 heteroatoms. The third-order valence-corrected chi connectivity index (χ3v) is 4.53. The summed E-state index contributed by atoms with van der Waals surface area (Å²) in [6.07, 6.45) is -0.111. The first kappa shape index (κ1) is 22.6. The zero-order valence-corrected chi connectivity index (χ0v) is 15.9. The molecule has 1 aliphatic heterocycles. The Labute approximate surface area is 152 Å². The van der Waals surface area contributed by atoms with Crippen LogP contribution in [0.3, 0.4) is 0 Å². The van der Waals surface area contributed by atoms with Crippen molar-refractivity contribution in [2.75, 3.05) is 7.11 Å². The van der Waals surface area contributed by atoms with Gasteiger partial charge in [-0.2, -0.15) is 13.2 Å². The minimum atomic E-state index is -4.85. The second-order valence-electron chi connectivity index (χ2n) is 7.03. The first-order chi connectivity index (χ1) is 11.9. The monoisotopic (exact) mass is 376 g/mol. The van der Waals surface area contributed by atoms with Crippen LogP contribution in [0.15, 0.2) is 23.8 Å². The van der Waals surface area contributed by atoms with E-state index in [1.165, 1.54) is 13.0 Å². The molecule has 1 saturated heterocycles. The summed E-state index contributed by atoms with van der Waals surface area (Å²) in [5, 5.41) is 0. The van der Waals surface area contributed by atoms with E-state index in [0.717, 1.165) is 19.6 Å². The first-order valence-corrected chi connectivity index (χ1v) is 8.55. The molecular formula is C19H27F3O4. The molecule has 0 aromatic heterocycles. The predicted octanol–water partition coefficient (Wildman–Crippen LogP) is 4.19. The Hall–Kier alpha value is -1.47. The summed E-state index contributed by atoms with van der Waals surface area (Å²) in [6.45, 7) is 5.84. The number of rotatable bonds is 8. The highest BCUT2D eigenvalue weighted by Crippen LogP contribution is 2.39. The smallest absolute Gasteiger partial charge is 0.373 e. The standard InChI is InChI=1S/C19H27F3O4/c1-12(2)7-6-8-15(16-10-9-14(26-16)11-13(3)23)17(24)18(4,25-5)19(20,21)22/h6-8,14-16H,9-11H2,1-5H3/b8-6+/t14?,15?,16?,18-/m0/s1. The van der Waals surface area contributed by atoms with E-state index in [1.807, 2.05) is 13.8 Å². The van der Waals surface area contributed by atoms with E-state index in [9.17, 15) is 22.8 Å². The Balaban J connectivity index is 3.13. The highest BCUT2D eigenvalue weighted by molar-refractivity contribution is 5.92. The van der Waals surface area contributed by atoms with E-state index in [4.69, 9.17) is 4.74 Å². The number of alkyl halides is 3. The van der Waals surface area contributed by atoms with Crippen LogP contribution in [0.4, 0.5) is 13.2 Å². The molecule has 3 unspecified atom stereocenters. The summed E-state index contributed by atoms with van der Waals surface area (Å²) >= 11 is 0. The van der Waals surface area contributed by atoms with Crippen molar-refractivity contribution in [2.24, 2.45) is 5.92 Å². The maximum Gasteiger partial charge on any atom is 0.424 e. The van der Waals surface area contributed by atoms with Crippen molar-refractivity contribution >= 4 is 11.6 Å². The lowest BCUT2D eigenvalue weighted by Gasteiger charge is -2.33. The van der Waals surface area contributed by atoms with Crippen LogP contribution in [0.2, 0.25) is 0 Å². The Morgan fingerprint density at radius 1 is 1.23 bits per heavy atom. The highest BCUT2D eigenvalue weighted by atomic mass is 19.4. The molecule has 1 heterocycles. The second-order valence-corrected chi connectivity index (χ2v) is 7.03. The van der Waals surface area contributed by atoms with Gasteiger partial charge in [0.05, 0.1) is 18.1 Å². The molecule has 1 rings (SSSR count). The van der Waals surface area contributed by atoms with E-state index < -0.39 is 29.6 Å². The van der Waals surface area contributed by atoms with Crippen LogP contribution in [0.5, 0.6) is 0 Å². The van der Waals surface area contributed by atoms with Crippen LogP contribution >= 0.6 is 0 Å². The number of Topliss-reactive ketones (excluding diaryl/α,β-unsaturated/α-hetero) is 2. The molecule has 0 aromatic carbocycles. The third kappa shape index (κ3) is 5.51. The average Bonchev–Trinajstić information content (AvgIpc) is 2.96. The van der Waals surface area contributed by atoms with Crippen LogP contribution in [-0.4, -0.2) is 42.7 Å². The zero-order chi connectivity index (χ0) is 20.1. The number of hydrogen-bond donors (Lipinski definition) is 0. The van der Waals surface area contributed by atoms with Crippen LogP contribution < -0.4 is 0 Å². The van der Waals surface area contributed by atoms with Gasteiger partial charge in [-0.25, -0.2) is 0 Å². The molecule has 0 saturated carbocycles. The van der Waals surface area contributed by atoms with Crippen LogP contribution in [0, 0.1) is 5.92 Å². The van der Waals surface area contributed by atoms with Gasteiger partial charge >= 0.3 is 6.18 Å². The van der Waals surface area contributed by atoms with E-state index in [2.05, 4.69) is 4.74 Å². The minimum absolute atomic E-state index is 0.0596. The molecule has 0 aromatic rings. The van der Waals surface area contributed by atoms with Gasteiger partial charge in [-0.1, -0.05) is 23.8 Å². The maximum absolute atomic E-state index is 13.4. The predicted molar refractivity (Wildman–Crippen MR) is 91.7 cm³/mol. The number of ketones is 2. The van der Waals surface area contributed by atoms with E-state index in [0.29, 0.717) is 12.8 Å². The topological polar surface area (TPSA) is 52.6 Å². The van der Waals surface area contributed by atoms with Gasteiger partial charge in [0.2, 0.25) is 5.60 Å². The average molecular weight is 376 g/mol. The summed E-state index contributed by atoms with van der Waals surface area (Å²) in [6, 6.07) is 0. The van der Waals surface area contributed by atoms with Crippen LogP contribution in [0.25, 0.3) is 0 Å². The van der Waals surface area contributed by atoms with Gasteiger partial charge in [0, 0.05) is 13.5 Å². The molecule has 0 N–H and O–H groups in total. The molecule has 0 aliphatic carbocycles. The molecule has 4 nitrogen and oxygen atoms in total. The number of hydrogen-bond acceptors (Lipinski definition) is 4. The number of allylic oxidation sites excluding steroid dienone is 3. The molecule has 0 bridgehead atoms. The van der Waals surface area contributed by atoms with Gasteiger partial charge in [-0.3, -0.25) is 9.59 Å². The Kier molecular flexibility index (Phi) is 7.77. The van der Waals surface area contributed by atoms with Crippen molar-refractivity contribution in [2.45, 2.75) is 70.9 Å². The fourth-order valence-electron chi connectivity index (χ4n) is 2.89. The minimum Gasteiger partial charge on any atom is -0.373 e. The third-order valence-electron chi connectivity index (χ3n) is 4.53. The van der Waals surface area contributed by atoms with E-state index >= 15 is 0 Å². The molecule has 0 spiro atoms. The lowest BCUT2D eigenvalue weighted by atomic mass is 9.84. The SMILES string of the molecule is CO[C@@](C)(C(=O)C(/C=C/C=C(C)C)C1CCC(CC(C)=O)O1)C(F)(F)F. The first-order valence-electron chi connectivity index (χ1n) is 8.55.